The second kappa shape index (κ2) is 12.8. The molecule has 1 aromatic rings. The van der Waals surface area contributed by atoms with Crippen LogP contribution in [0.15, 0.2) is 40.2 Å². The first-order valence-electron chi connectivity index (χ1n) is 8.54. The molecule has 24 heavy (non-hydrogen) atoms. The Hall–Kier alpha value is -0.470. The zero-order valence-electron chi connectivity index (χ0n) is 14.7. The number of thioether (sulfide) groups is 1. The Labute approximate surface area is 167 Å². The van der Waals surface area contributed by atoms with Gasteiger partial charge < -0.3 is 15.0 Å². The first-order chi connectivity index (χ1) is 11.3. The molecule has 1 N–H and O–H groups in total. The van der Waals surface area contributed by atoms with Crippen molar-refractivity contribution in [2.45, 2.75) is 24.7 Å². The van der Waals surface area contributed by atoms with Crippen molar-refractivity contribution in [3.63, 3.8) is 0 Å². The number of ether oxygens (including phenoxy) is 1. The van der Waals surface area contributed by atoms with Gasteiger partial charge in [0.05, 0.1) is 6.61 Å². The maximum absolute atomic E-state index is 5.46. The molecular formula is C18H30IN3OS. The zero-order valence-corrected chi connectivity index (χ0v) is 17.9. The molecule has 1 aliphatic heterocycles. The van der Waals surface area contributed by atoms with Crippen molar-refractivity contribution in [2.24, 2.45) is 10.9 Å². The van der Waals surface area contributed by atoms with E-state index in [1.807, 2.05) is 11.8 Å². The third-order valence-electron chi connectivity index (χ3n) is 3.83. The van der Waals surface area contributed by atoms with Crippen molar-refractivity contribution >= 4 is 41.7 Å². The van der Waals surface area contributed by atoms with E-state index in [0.717, 1.165) is 57.4 Å². The van der Waals surface area contributed by atoms with E-state index >= 15 is 0 Å². The standard InChI is InChI=1S/C18H29N3OS.HI/c1-3-19-18(21(2)14-16-10-12-22-15-16)20-11-7-13-23-17-8-5-4-6-9-17;/h4-6,8-9,16H,3,7,10-15H2,1-2H3,(H,19,20);1H. The van der Waals surface area contributed by atoms with Gasteiger partial charge in [0.15, 0.2) is 5.96 Å². The summed E-state index contributed by atoms with van der Waals surface area (Å²) in [7, 11) is 2.12. The van der Waals surface area contributed by atoms with Crippen LogP contribution < -0.4 is 5.32 Å². The largest absolute Gasteiger partial charge is 0.381 e. The molecule has 136 valence electrons. The smallest absolute Gasteiger partial charge is 0.193 e. The Kier molecular flexibility index (Phi) is 11.5. The lowest BCUT2D eigenvalue weighted by molar-refractivity contribution is 0.181. The highest BCUT2D eigenvalue weighted by Gasteiger charge is 2.18. The highest BCUT2D eigenvalue weighted by molar-refractivity contribution is 14.0. The van der Waals surface area contributed by atoms with Crippen LogP contribution in [0, 0.1) is 5.92 Å². The molecule has 0 aromatic heterocycles. The number of aliphatic imine (C=N–C) groups is 1. The topological polar surface area (TPSA) is 36.9 Å². The summed E-state index contributed by atoms with van der Waals surface area (Å²) in [6.07, 6.45) is 2.26. The van der Waals surface area contributed by atoms with Crippen LogP contribution in [-0.4, -0.2) is 56.5 Å². The fourth-order valence-corrected chi connectivity index (χ4v) is 3.49. The number of nitrogens with one attached hydrogen (secondary N) is 1. The van der Waals surface area contributed by atoms with E-state index in [9.17, 15) is 0 Å². The van der Waals surface area contributed by atoms with Gasteiger partial charge in [0, 0.05) is 44.1 Å². The maximum Gasteiger partial charge on any atom is 0.193 e. The lowest BCUT2D eigenvalue weighted by atomic mass is 10.1. The van der Waals surface area contributed by atoms with Gasteiger partial charge in [-0.25, -0.2) is 0 Å². The quantitative estimate of drug-likeness (QED) is 0.210. The third-order valence-corrected chi connectivity index (χ3v) is 4.93. The molecule has 4 nitrogen and oxygen atoms in total. The van der Waals surface area contributed by atoms with E-state index in [-0.39, 0.29) is 24.0 Å². The molecular weight excluding hydrogens is 433 g/mol. The Bertz CT molecular complexity index is 467. The molecule has 2 rings (SSSR count). The van der Waals surface area contributed by atoms with Gasteiger partial charge in [-0.2, -0.15) is 0 Å². The Morgan fingerprint density at radius 2 is 2.17 bits per heavy atom. The lowest BCUT2D eigenvalue weighted by Crippen LogP contribution is -2.41. The average Bonchev–Trinajstić information content (AvgIpc) is 3.07. The molecule has 0 amide bonds. The van der Waals surface area contributed by atoms with Crippen LogP contribution in [0.25, 0.3) is 0 Å². The predicted molar refractivity (Wildman–Crippen MR) is 115 cm³/mol. The van der Waals surface area contributed by atoms with Gasteiger partial charge in [0.1, 0.15) is 0 Å². The highest BCUT2D eigenvalue weighted by Crippen LogP contribution is 2.17. The summed E-state index contributed by atoms with van der Waals surface area (Å²) in [4.78, 5) is 8.34. The Balaban J connectivity index is 0.00000288. The molecule has 1 heterocycles. The summed E-state index contributed by atoms with van der Waals surface area (Å²) in [5.74, 6) is 2.76. The van der Waals surface area contributed by atoms with Crippen molar-refractivity contribution in [3.05, 3.63) is 30.3 Å². The molecule has 6 heteroatoms. The predicted octanol–water partition coefficient (Wildman–Crippen LogP) is 3.72. The van der Waals surface area contributed by atoms with Gasteiger partial charge in [0.2, 0.25) is 0 Å². The molecule has 1 fully saturated rings. The van der Waals surface area contributed by atoms with Gasteiger partial charge in [-0.1, -0.05) is 18.2 Å². The fraction of sp³-hybridized carbons (Fsp3) is 0.611. The summed E-state index contributed by atoms with van der Waals surface area (Å²) in [6.45, 7) is 6.70. The molecule has 1 unspecified atom stereocenters. The van der Waals surface area contributed by atoms with E-state index in [2.05, 4.69) is 54.5 Å². The SMILES string of the molecule is CCNC(=NCCCSc1ccccc1)N(C)CC1CCOC1.I. The number of hydrogen-bond donors (Lipinski definition) is 1. The van der Waals surface area contributed by atoms with Crippen molar-refractivity contribution in [3.8, 4) is 0 Å². The number of hydrogen-bond acceptors (Lipinski definition) is 3. The molecule has 0 aliphatic carbocycles. The number of guanidine groups is 1. The summed E-state index contributed by atoms with van der Waals surface area (Å²) < 4.78 is 5.46. The van der Waals surface area contributed by atoms with Gasteiger partial charge in [-0.3, -0.25) is 4.99 Å². The minimum absolute atomic E-state index is 0. The summed E-state index contributed by atoms with van der Waals surface area (Å²) >= 11 is 1.90. The van der Waals surface area contributed by atoms with Crippen LogP contribution in [0.4, 0.5) is 0 Å². The molecule has 1 atom stereocenters. The second-order valence-electron chi connectivity index (χ2n) is 5.86. The normalized spacial score (nSPS) is 17.4. The number of rotatable bonds is 8. The molecule has 0 radical (unpaired) electrons. The van der Waals surface area contributed by atoms with Crippen molar-refractivity contribution < 1.29 is 4.74 Å². The first kappa shape index (κ1) is 21.6. The fourth-order valence-electron chi connectivity index (χ4n) is 2.63. The number of benzene rings is 1. The van der Waals surface area contributed by atoms with Gasteiger partial charge in [-0.05, 0) is 37.7 Å². The van der Waals surface area contributed by atoms with Gasteiger partial charge in [-0.15, -0.1) is 35.7 Å². The van der Waals surface area contributed by atoms with Gasteiger partial charge >= 0.3 is 0 Å². The second-order valence-corrected chi connectivity index (χ2v) is 7.03. The van der Waals surface area contributed by atoms with Crippen LogP contribution in [0.1, 0.15) is 19.8 Å². The van der Waals surface area contributed by atoms with Gasteiger partial charge in [0.25, 0.3) is 0 Å². The molecule has 0 spiro atoms. The Morgan fingerprint density at radius 1 is 1.38 bits per heavy atom. The van der Waals surface area contributed by atoms with E-state index in [1.54, 1.807) is 0 Å². The van der Waals surface area contributed by atoms with E-state index in [4.69, 9.17) is 9.73 Å². The molecule has 1 saturated heterocycles. The molecule has 1 aromatic carbocycles. The molecule has 0 saturated carbocycles. The van der Waals surface area contributed by atoms with Crippen molar-refractivity contribution in [2.75, 3.05) is 45.6 Å². The highest BCUT2D eigenvalue weighted by atomic mass is 127. The third kappa shape index (κ3) is 8.07. The molecule has 1 aliphatic rings. The zero-order chi connectivity index (χ0) is 16.3. The summed E-state index contributed by atoms with van der Waals surface area (Å²) in [6, 6.07) is 10.6. The van der Waals surface area contributed by atoms with Crippen LogP contribution in [0.5, 0.6) is 0 Å². The molecule has 0 bridgehead atoms. The van der Waals surface area contributed by atoms with E-state index in [1.165, 1.54) is 4.90 Å². The van der Waals surface area contributed by atoms with E-state index < -0.39 is 0 Å². The number of nitrogens with zero attached hydrogens (tertiary/aromatic N) is 2. The minimum atomic E-state index is 0. The average molecular weight is 463 g/mol. The first-order valence-corrected chi connectivity index (χ1v) is 9.53. The minimum Gasteiger partial charge on any atom is -0.381 e. The van der Waals surface area contributed by atoms with Crippen LogP contribution in [0.3, 0.4) is 0 Å². The Morgan fingerprint density at radius 3 is 2.83 bits per heavy atom. The summed E-state index contributed by atoms with van der Waals surface area (Å²) in [5, 5.41) is 3.39. The monoisotopic (exact) mass is 463 g/mol. The summed E-state index contributed by atoms with van der Waals surface area (Å²) in [5.41, 5.74) is 0. The maximum atomic E-state index is 5.46. The van der Waals surface area contributed by atoms with Crippen LogP contribution in [0.2, 0.25) is 0 Å². The lowest BCUT2D eigenvalue weighted by Gasteiger charge is -2.24. The van der Waals surface area contributed by atoms with Crippen molar-refractivity contribution in [1.82, 2.24) is 10.2 Å². The van der Waals surface area contributed by atoms with Crippen molar-refractivity contribution in [1.29, 1.82) is 0 Å². The van der Waals surface area contributed by atoms with Crippen LogP contribution in [-0.2, 0) is 4.74 Å². The number of halogens is 1. The van der Waals surface area contributed by atoms with Crippen LogP contribution >= 0.6 is 35.7 Å². The van der Waals surface area contributed by atoms with E-state index in [0.29, 0.717) is 5.92 Å².